The highest BCUT2D eigenvalue weighted by Crippen LogP contribution is 2.73. The Hall–Kier alpha value is -3.23. The zero-order valence-electron chi connectivity index (χ0n) is 14.0. The number of benzene rings is 1. The molecule has 3 fully saturated rings. The molecule has 3 aliphatic carbocycles. The number of phenols is 2. The highest BCUT2D eigenvalue weighted by Gasteiger charge is 2.73. The van der Waals surface area contributed by atoms with Gasteiger partial charge in [-0.25, -0.2) is 0 Å². The van der Waals surface area contributed by atoms with Gasteiger partial charge in [-0.15, -0.1) is 0 Å². The van der Waals surface area contributed by atoms with E-state index in [1.54, 1.807) is 0 Å². The minimum absolute atomic E-state index is 0.0723. The highest BCUT2D eigenvalue weighted by atomic mass is 16.6. The smallest absolute Gasteiger partial charge is 0.311 e. The van der Waals surface area contributed by atoms with E-state index in [0.717, 1.165) is 36.2 Å². The lowest BCUT2D eigenvalue weighted by atomic mass is 9.85. The van der Waals surface area contributed by atoms with Crippen LogP contribution in [0.15, 0.2) is 29.4 Å². The second kappa shape index (κ2) is 4.93. The molecule has 9 nitrogen and oxygen atoms in total. The molecule has 2 N–H and O–H groups in total. The van der Waals surface area contributed by atoms with E-state index in [1.807, 2.05) is 12.2 Å². The van der Waals surface area contributed by atoms with E-state index in [2.05, 4.69) is 5.10 Å². The fourth-order valence-corrected chi connectivity index (χ4v) is 5.13. The molecular formula is C18H15N3O6. The molecule has 1 heterocycles. The molecule has 0 aromatic heterocycles. The predicted octanol–water partition coefficient (Wildman–Crippen LogP) is 1.54. The number of allylic oxidation sites excluding steroid dienone is 2. The molecule has 1 aromatic rings. The van der Waals surface area contributed by atoms with Gasteiger partial charge >= 0.3 is 5.69 Å². The monoisotopic (exact) mass is 369 g/mol. The number of hydrazone groups is 1. The maximum atomic E-state index is 12.8. The topological polar surface area (TPSA) is 133 Å². The maximum Gasteiger partial charge on any atom is 0.311 e. The number of nitro benzene ring substituents is 1. The number of imide groups is 1. The van der Waals surface area contributed by atoms with Crippen LogP contribution in [0.1, 0.15) is 18.4 Å². The van der Waals surface area contributed by atoms with Crippen molar-refractivity contribution in [1.82, 2.24) is 5.01 Å². The molecule has 2 bridgehead atoms. The molecule has 2 saturated carbocycles. The van der Waals surface area contributed by atoms with Crippen LogP contribution in [0.4, 0.5) is 5.69 Å². The first kappa shape index (κ1) is 16.0. The number of phenolic OH excluding ortho intramolecular Hbond substituents is 2. The fraction of sp³-hybridized carbons (Fsp3) is 0.389. The van der Waals surface area contributed by atoms with E-state index in [4.69, 9.17) is 0 Å². The lowest BCUT2D eigenvalue weighted by molar-refractivity contribution is -0.385. The number of hydrogen-bond donors (Lipinski definition) is 2. The Bertz CT molecular complexity index is 946. The molecule has 138 valence electrons. The van der Waals surface area contributed by atoms with Crippen LogP contribution in [0.2, 0.25) is 0 Å². The highest BCUT2D eigenvalue weighted by molar-refractivity contribution is 6.07. The van der Waals surface area contributed by atoms with Gasteiger partial charge in [-0.1, -0.05) is 12.2 Å². The normalized spacial score (nSPS) is 32.1. The summed E-state index contributed by atoms with van der Waals surface area (Å²) in [6.45, 7) is 0. The van der Waals surface area contributed by atoms with E-state index >= 15 is 0 Å². The van der Waals surface area contributed by atoms with Crippen LogP contribution in [0.25, 0.3) is 0 Å². The maximum absolute atomic E-state index is 12.8. The van der Waals surface area contributed by atoms with Crippen molar-refractivity contribution in [2.24, 2.45) is 34.2 Å². The Kier molecular flexibility index (Phi) is 2.92. The number of hydrogen-bond acceptors (Lipinski definition) is 7. The van der Waals surface area contributed by atoms with Crippen LogP contribution >= 0.6 is 0 Å². The van der Waals surface area contributed by atoms with Gasteiger partial charge in [0, 0.05) is 17.7 Å². The van der Waals surface area contributed by atoms with Gasteiger partial charge in [0.2, 0.25) is 0 Å². The summed E-state index contributed by atoms with van der Waals surface area (Å²) >= 11 is 0. The molecule has 4 aliphatic rings. The minimum Gasteiger partial charge on any atom is -0.507 e. The van der Waals surface area contributed by atoms with Gasteiger partial charge in [-0.05, 0) is 30.1 Å². The SMILES string of the molecule is O=C1[C@H]2[C@H](C(=O)N1N=Cc1cc([N+](=O)[O-])c(O)cc1O)[C@H]1C=C[C@H]2C12CC2. The predicted molar refractivity (Wildman–Crippen MR) is 90.6 cm³/mol. The van der Waals surface area contributed by atoms with Gasteiger partial charge in [-0.2, -0.15) is 10.1 Å². The second-order valence-corrected chi connectivity index (χ2v) is 7.61. The fourth-order valence-electron chi connectivity index (χ4n) is 5.13. The number of aromatic hydroxyl groups is 2. The van der Waals surface area contributed by atoms with E-state index in [0.29, 0.717) is 0 Å². The summed E-state index contributed by atoms with van der Waals surface area (Å²) in [5, 5.41) is 35.0. The van der Waals surface area contributed by atoms with E-state index in [-0.39, 0.29) is 34.6 Å². The third kappa shape index (κ3) is 1.91. The molecule has 5 rings (SSSR count). The molecule has 1 aliphatic heterocycles. The minimum atomic E-state index is -0.804. The molecule has 0 unspecified atom stereocenters. The quantitative estimate of drug-likeness (QED) is 0.273. The lowest BCUT2D eigenvalue weighted by Crippen LogP contribution is -2.30. The van der Waals surface area contributed by atoms with E-state index in [9.17, 15) is 29.9 Å². The Morgan fingerprint density at radius 3 is 2.22 bits per heavy atom. The summed E-state index contributed by atoms with van der Waals surface area (Å²) in [6.07, 6.45) is 7.20. The van der Waals surface area contributed by atoms with Crippen molar-refractivity contribution in [2.75, 3.05) is 0 Å². The first-order valence-electron chi connectivity index (χ1n) is 8.65. The van der Waals surface area contributed by atoms with Gasteiger partial charge < -0.3 is 10.2 Å². The molecule has 1 aromatic carbocycles. The van der Waals surface area contributed by atoms with Crippen molar-refractivity contribution >= 4 is 23.7 Å². The van der Waals surface area contributed by atoms with Crippen LogP contribution in [-0.4, -0.2) is 38.2 Å². The molecule has 4 atom stereocenters. The van der Waals surface area contributed by atoms with Crippen LogP contribution in [0.3, 0.4) is 0 Å². The van der Waals surface area contributed by atoms with Gasteiger partial charge in [-0.3, -0.25) is 19.7 Å². The lowest BCUT2D eigenvalue weighted by Gasteiger charge is -2.18. The number of nitro groups is 1. The first-order chi connectivity index (χ1) is 12.8. The number of fused-ring (bicyclic) bond motifs is 3. The molecular weight excluding hydrogens is 354 g/mol. The molecule has 27 heavy (non-hydrogen) atoms. The Morgan fingerprint density at radius 2 is 1.70 bits per heavy atom. The second-order valence-electron chi connectivity index (χ2n) is 7.61. The standard InChI is InChI=1S/C18H15N3O6/c22-12-6-13(23)11(21(26)27)5-8(12)7-19-20-16(24)14-9-1-2-10(15(14)17(20)25)18(9)3-4-18/h1-2,5-7,9-10,14-15,22-23H,3-4H2/t9-,10-,14-,15-/m1/s1. The molecule has 2 amide bonds. The summed E-state index contributed by atoms with van der Waals surface area (Å²) in [5.41, 5.74) is -0.591. The summed E-state index contributed by atoms with van der Waals surface area (Å²) in [5.74, 6) is -2.49. The number of carbonyl (C=O) groups is 2. The summed E-state index contributed by atoms with van der Waals surface area (Å²) in [4.78, 5) is 35.7. The molecule has 1 spiro atoms. The van der Waals surface area contributed by atoms with Crippen molar-refractivity contribution < 1.29 is 24.7 Å². The number of rotatable bonds is 3. The number of nitrogens with zero attached hydrogens (tertiary/aromatic N) is 3. The zero-order chi connectivity index (χ0) is 19.1. The van der Waals surface area contributed by atoms with Gasteiger partial charge in [0.05, 0.1) is 23.0 Å². The average Bonchev–Trinajstić information content (AvgIpc) is 3.21. The first-order valence-corrected chi connectivity index (χ1v) is 8.65. The van der Waals surface area contributed by atoms with Crippen LogP contribution < -0.4 is 0 Å². The van der Waals surface area contributed by atoms with Crippen molar-refractivity contribution in [3.63, 3.8) is 0 Å². The van der Waals surface area contributed by atoms with Crippen molar-refractivity contribution in [1.29, 1.82) is 0 Å². The van der Waals surface area contributed by atoms with Crippen molar-refractivity contribution in [2.45, 2.75) is 12.8 Å². The summed E-state index contributed by atoms with van der Waals surface area (Å²) in [7, 11) is 0. The number of amides is 2. The third-order valence-electron chi connectivity index (χ3n) is 6.46. The zero-order valence-corrected chi connectivity index (χ0v) is 14.0. The van der Waals surface area contributed by atoms with Gasteiger partial charge in [0.1, 0.15) is 5.75 Å². The summed E-state index contributed by atoms with van der Waals surface area (Å²) < 4.78 is 0. The van der Waals surface area contributed by atoms with E-state index < -0.39 is 33.9 Å². The van der Waals surface area contributed by atoms with E-state index in [1.165, 1.54) is 0 Å². The third-order valence-corrected chi connectivity index (χ3v) is 6.46. The van der Waals surface area contributed by atoms with Crippen molar-refractivity contribution in [3.8, 4) is 11.5 Å². The molecule has 1 saturated heterocycles. The van der Waals surface area contributed by atoms with Gasteiger partial charge in [0.25, 0.3) is 11.8 Å². The molecule has 9 heteroatoms. The van der Waals surface area contributed by atoms with Crippen LogP contribution in [0.5, 0.6) is 11.5 Å². The average molecular weight is 369 g/mol. The van der Waals surface area contributed by atoms with Crippen molar-refractivity contribution in [3.05, 3.63) is 40.0 Å². The van der Waals surface area contributed by atoms with Gasteiger partial charge in [0.15, 0.2) is 5.75 Å². The Balaban J connectivity index is 1.45. The Labute approximate surface area is 152 Å². The van der Waals surface area contributed by atoms with Crippen LogP contribution in [0, 0.1) is 39.2 Å². The molecule has 0 radical (unpaired) electrons. The largest absolute Gasteiger partial charge is 0.507 e. The number of carbonyl (C=O) groups excluding carboxylic acids is 2. The van der Waals surface area contributed by atoms with Crippen LogP contribution in [-0.2, 0) is 9.59 Å². The Morgan fingerprint density at radius 1 is 1.11 bits per heavy atom. The summed E-state index contributed by atoms with van der Waals surface area (Å²) in [6, 6.07) is 1.76.